The zero-order valence-corrected chi connectivity index (χ0v) is 19.8. The van der Waals surface area contributed by atoms with E-state index in [1.165, 1.54) is 42.4 Å². The Bertz CT molecular complexity index is 934. The second kappa shape index (κ2) is 12.0. The number of aliphatic hydroxyl groups is 1. The van der Waals surface area contributed by atoms with E-state index in [4.69, 9.17) is 4.74 Å². The zero-order valence-electron chi connectivity index (χ0n) is 19.8. The van der Waals surface area contributed by atoms with Gasteiger partial charge in [0, 0.05) is 19.2 Å². The largest absolute Gasteiger partial charge is 0.489 e. The van der Waals surface area contributed by atoms with Crippen LogP contribution in [0.4, 0.5) is 0 Å². The molecule has 0 aliphatic heterocycles. The van der Waals surface area contributed by atoms with Crippen molar-refractivity contribution in [3.05, 3.63) is 102 Å². The maximum atomic E-state index is 9.91. The Morgan fingerprint density at radius 3 is 2.03 bits per heavy atom. The molecule has 3 aromatic carbocycles. The van der Waals surface area contributed by atoms with E-state index in [2.05, 4.69) is 72.6 Å². The van der Waals surface area contributed by atoms with E-state index in [1.807, 2.05) is 24.3 Å². The smallest absolute Gasteiger partial charge is 0.119 e. The molecule has 0 spiro atoms. The Kier molecular flexibility index (Phi) is 8.57. The Morgan fingerprint density at radius 1 is 0.818 bits per heavy atom. The number of nitrogens with zero attached hydrogens (tertiary/aromatic N) is 1. The number of hydrogen-bond acceptors (Lipinski definition) is 3. The first-order valence-corrected chi connectivity index (χ1v) is 12.3. The standard InChI is InChI=1S/C30H37NO2/c1-31(21-26(22-32)20-24-8-4-2-5-9-24)29-16-12-27(13-17-29)28-14-18-30(19-15-28)33-23-25-10-6-3-7-11-25/h2-11,14-15,18-19,26-27,29,32H,12-13,16-17,20-23H2,1H3/t26-,27?,29?/m0/s1. The van der Waals surface area contributed by atoms with E-state index in [0.717, 1.165) is 18.7 Å². The van der Waals surface area contributed by atoms with Crippen LogP contribution in [-0.4, -0.2) is 36.2 Å². The average molecular weight is 444 g/mol. The van der Waals surface area contributed by atoms with Crippen molar-refractivity contribution >= 4 is 0 Å². The molecule has 174 valence electrons. The molecule has 1 fully saturated rings. The van der Waals surface area contributed by atoms with Crippen LogP contribution in [-0.2, 0) is 13.0 Å². The first kappa shape index (κ1) is 23.5. The van der Waals surface area contributed by atoms with E-state index in [1.54, 1.807) is 0 Å². The highest BCUT2D eigenvalue weighted by molar-refractivity contribution is 5.30. The monoisotopic (exact) mass is 443 g/mol. The summed E-state index contributed by atoms with van der Waals surface area (Å²) in [6.45, 7) is 1.80. The van der Waals surface area contributed by atoms with Crippen molar-refractivity contribution in [3.63, 3.8) is 0 Å². The number of benzene rings is 3. The second-order valence-electron chi connectivity index (χ2n) is 9.53. The van der Waals surface area contributed by atoms with Gasteiger partial charge in [-0.15, -0.1) is 0 Å². The van der Waals surface area contributed by atoms with Gasteiger partial charge in [0.15, 0.2) is 0 Å². The Morgan fingerprint density at radius 2 is 1.42 bits per heavy atom. The van der Waals surface area contributed by atoms with Gasteiger partial charge < -0.3 is 14.7 Å². The highest BCUT2D eigenvalue weighted by Gasteiger charge is 2.26. The van der Waals surface area contributed by atoms with Crippen molar-refractivity contribution < 1.29 is 9.84 Å². The fraction of sp³-hybridized carbons (Fsp3) is 0.400. The minimum atomic E-state index is 0.243. The molecular formula is C30H37NO2. The predicted octanol–water partition coefficient (Wildman–Crippen LogP) is 6.07. The Labute approximate surface area is 199 Å². The highest BCUT2D eigenvalue weighted by Crippen LogP contribution is 2.35. The molecule has 1 saturated carbocycles. The second-order valence-corrected chi connectivity index (χ2v) is 9.53. The van der Waals surface area contributed by atoms with Crippen LogP contribution in [0.1, 0.15) is 48.3 Å². The van der Waals surface area contributed by atoms with Crippen LogP contribution >= 0.6 is 0 Å². The minimum absolute atomic E-state index is 0.243. The van der Waals surface area contributed by atoms with Crippen LogP contribution in [0.15, 0.2) is 84.9 Å². The lowest BCUT2D eigenvalue weighted by Crippen LogP contribution is -2.39. The van der Waals surface area contributed by atoms with Crippen molar-refractivity contribution in [1.82, 2.24) is 4.90 Å². The van der Waals surface area contributed by atoms with Crippen LogP contribution in [0.2, 0.25) is 0 Å². The summed E-state index contributed by atoms with van der Waals surface area (Å²) >= 11 is 0. The molecule has 4 rings (SSSR count). The van der Waals surface area contributed by atoms with Gasteiger partial charge in [0.05, 0.1) is 0 Å². The van der Waals surface area contributed by atoms with Crippen molar-refractivity contribution in [2.24, 2.45) is 5.92 Å². The SMILES string of the molecule is CN(C[C@@H](CO)Cc1ccccc1)C1CCC(c2ccc(OCc3ccccc3)cc2)CC1. The molecule has 0 amide bonds. The lowest BCUT2D eigenvalue weighted by Gasteiger charge is -2.36. The summed E-state index contributed by atoms with van der Waals surface area (Å²) in [6.07, 6.45) is 5.83. The first-order chi connectivity index (χ1) is 16.2. The molecule has 3 aromatic rings. The Balaban J connectivity index is 1.23. The fourth-order valence-corrected chi connectivity index (χ4v) is 5.12. The number of aliphatic hydroxyl groups excluding tert-OH is 1. The maximum Gasteiger partial charge on any atom is 0.119 e. The number of rotatable bonds is 10. The third-order valence-corrected chi connectivity index (χ3v) is 7.09. The lowest BCUT2D eigenvalue weighted by molar-refractivity contribution is 0.127. The topological polar surface area (TPSA) is 32.7 Å². The van der Waals surface area contributed by atoms with Crippen LogP contribution in [0.25, 0.3) is 0 Å². The van der Waals surface area contributed by atoms with E-state index >= 15 is 0 Å². The minimum Gasteiger partial charge on any atom is -0.489 e. The summed E-state index contributed by atoms with van der Waals surface area (Å²) in [5.74, 6) is 1.86. The number of hydrogen-bond donors (Lipinski definition) is 1. The van der Waals surface area contributed by atoms with E-state index in [9.17, 15) is 5.11 Å². The summed E-state index contributed by atoms with van der Waals surface area (Å²) in [7, 11) is 2.23. The molecular weight excluding hydrogens is 406 g/mol. The molecule has 1 N–H and O–H groups in total. The predicted molar refractivity (Wildman–Crippen MR) is 136 cm³/mol. The van der Waals surface area contributed by atoms with Crippen molar-refractivity contribution in [1.29, 1.82) is 0 Å². The van der Waals surface area contributed by atoms with Gasteiger partial charge in [-0.2, -0.15) is 0 Å². The summed E-state index contributed by atoms with van der Waals surface area (Å²) < 4.78 is 5.95. The van der Waals surface area contributed by atoms with E-state index in [0.29, 0.717) is 24.5 Å². The quantitative estimate of drug-likeness (QED) is 0.412. The average Bonchev–Trinajstić information content (AvgIpc) is 2.88. The fourth-order valence-electron chi connectivity index (χ4n) is 5.12. The molecule has 3 nitrogen and oxygen atoms in total. The molecule has 1 atom stereocenters. The summed E-state index contributed by atoms with van der Waals surface area (Å²) in [4.78, 5) is 2.49. The van der Waals surface area contributed by atoms with Gasteiger partial charge in [-0.3, -0.25) is 0 Å². The van der Waals surface area contributed by atoms with Gasteiger partial charge in [0.1, 0.15) is 12.4 Å². The molecule has 0 radical (unpaired) electrons. The molecule has 0 unspecified atom stereocenters. The van der Waals surface area contributed by atoms with Gasteiger partial charge in [-0.25, -0.2) is 0 Å². The van der Waals surface area contributed by atoms with Gasteiger partial charge in [0.25, 0.3) is 0 Å². The van der Waals surface area contributed by atoms with Gasteiger partial charge in [-0.1, -0.05) is 72.8 Å². The van der Waals surface area contributed by atoms with Gasteiger partial charge in [0.2, 0.25) is 0 Å². The van der Waals surface area contributed by atoms with Crippen LogP contribution in [0, 0.1) is 5.92 Å². The molecule has 33 heavy (non-hydrogen) atoms. The van der Waals surface area contributed by atoms with Gasteiger partial charge in [-0.05, 0) is 79.8 Å². The van der Waals surface area contributed by atoms with Crippen LogP contribution in [0.3, 0.4) is 0 Å². The molecule has 1 aliphatic rings. The molecule has 1 aliphatic carbocycles. The van der Waals surface area contributed by atoms with E-state index in [-0.39, 0.29) is 6.61 Å². The molecule has 0 heterocycles. The lowest BCUT2D eigenvalue weighted by atomic mass is 9.81. The highest BCUT2D eigenvalue weighted by atomic mass is 16.5. The molecule has 0 aromatic heterocycles. The van der Waals surface area contributed by atoms with Crippen molar-refractivity contribution in [2.75, 3.05) is 20.2 Å². The van der Waals surface area contributed by atoms with Crippen LogP contribution in [0.5, 0.6) is 5.75 Å². The first-order valence-electron chi connectivity index (χ1n) is 12.3. The summed E-state index contributed by atoms with van der Waals surface area (Å²) in [6, 6.07) is 30.2. The normalized spacial score (nSPS) is 19.4. The molecule has 3 heteroatoms. The third-order valence-electron chi connectivity index (χ3n) is 7.09. The van der Waals surface area contributed by atoms with Crippen molar-refractivity contribution in [3.8, 4) is 5.75 Å². The number of ether oxygens (including phenoxy) is 1. The summed E-state index contributed by atoms with van der Waals surface area (Å²) in [5, 5.41) is 9.91. The maximum absolute atomic E-state index is 9.91. The van der Waals surface area contributed by atoms with Crippen LogP contribution < -0.4 is 4.74 Å². The summed E-state index contributed by atoms with van der Waals surface area (Å²) in [5.41, 5.74) is 3.93. The Hall–Kier alpha value is -2.62. The third kappa shape index (κ3) is 6.93. The molecule has 0 bridgehead atoms. The molecule has 0 saturated heterocycles. The van der Waals surface area contributed by atoms with Gasteiger partial charge >= 0.3 is 0 Å². The zero-order chi connectivity index (χ0) is 22.9. The van der Waals surface area contributed by atoms with Crippen molar-refractivity contribution in [2.45, 2.75) is 50.7 Å². The van der Waals surface area contributed by atoms with E-state index < -0.39 is 0 Å².